The standard InChI is InChI=1S/C21H26N6O/c1-4-19(28)27-11-13(2)9-15(12-27)26-20-16-5-7-23-21(16)24-10-17(20)18-6-8-22-14(3)25-18/h5-8,10,13,15H,4,9,11-12H2,1-3H3,(H2,23,24,26)/t13-,15+/m0/s1. The SMILES string of the molecule is CCC(=O)N1C[C@@H](C)C[C@@H](Nc2c(-c3ccnc(C)n3)cnc3[nH]ccc23)C1. The maximum Gasteiger partial charge on any atom is 0.222 e. The Kier molecular flexibility index (Phi) is 4.98. The van der Waals surface area contributed by atoms with Crippen molar-refractivity contribution in [1.29, 1.82) is 0 Å². The number of pyridine rings is 1. The Bertz CT molecular complexity index is 997. The normalized spacial score (nSPS) is 19.8. The fraction of sp³-hybridized carbons (Fsp3) is 0.429. The van der Waals surface area contributed by atoms with Gasteiger partial charge in [-0.1, -0.05) is 13.8 Å². The Hall–Kier alpha value is -2.96. The van der Waals surface area contributed by atoms with E-state index < -0.39 is 0 Å². The molecule has 28 heavy (non-hydrogen) atoms. The van der Waals surface area contributed by atoms with Gasteiger partial charge >= 0.3 is 0 Å². The number of fused-ring (bicyclic) bond motifs is 1. The molecule has 3 aromatic rings. The Morgan fingerprint density at radius 1 is 1.32 bits per heavy atom. The minimum absolute atomic E-state index is 0.182. The zero-order valence-electron chi connectivity index (χ0n) is 16.6. The second-order valence-corrected chi connectivity index (χ2v) is 7.61. The molecule has 0 aliphatic carbocycles. The first-order valence-electron chi connectivity index (χ1n) is 9.85. The molecule has 4 heterocycles. The lowest BCUT2D eigenvalue weighted by atomic mass is 9.95. The summed E-state index contributed by atoms with van der Waals surface area (Å²) in [5.74, 6) is 1.39. The Morgan fingerprint density at radius 3 is 2.96 bits per heavy atom. The number of aryl methyl sites for hydroxylation is 1. The van der Waals surface area contributed by atoms with Crippen molar-refractivity contribution < 1.29 is 4.79 Å². The lowest BCUT2D eigenvalue weighted by Gasteiger charge is -2.37. The topological polar surface area (TPSA) is 86.8 Å². The molecule has 0 saturated carbocycles. The minimum Gasteiger partial charge on any atom is -0.379 e. The predicted octanol–water partition coefficient (Wildman–Crippen LogP) is 3.39. The second-order valence-electron chi connectivity index (χ2n) is 7.61. The van der Waals surface area contributed by atoms with Crippen molar-refractivity contribution in [3.05, 3.63) is 36.5 Å². The first-order valence-corrected chi connectivity index (χ1v) is 9.85. The summed E-state index contributed by atoms with van der Waals surface area (Å²) in [5.41, 5.74) is 3.63. The van der Waals surface area contributed by atoms with E-state index in [-0.39, 0.29) is 11.9 Å². The number of piperidine rings is 1. The van der Waals surface area contributed by atoms with E-state index in [1.807, 2.05) is 43.3 Å². The molecular formula is C21H26N6O. The maximum atomic E-state index is 12.3. The van der Waals surface area contributed by atoms with Crippen molar-refractivity contribution in [3.63, 3.8) is 0 Å². The fourth-order valence-corrected chi connectivity index (χ4v) is 4.05. The minimum atomic E-state index is 0.182. The summed E-state index contributed by atoms with van der Waals surface area (Å²) in [4.78, 5) is 30.8. The first kappa shape index (κ1) is 18.4. The molecule has 3 aromatic heterocycles. The summed E-state index contributed by atoms with van der Waals surface area (Å²) < 4.78 is 0. The van der Waals surface area contributed by atoms with E-state index in [1.165, 1.54) is 0 Å². The van der Waals surface area contributed by atoms with Gasteiger partial charge in [0.1, 0.15) is 11.5 Å². The lowest BCUT2D eigenvalue weighted by molar-refractivity contribution is -0.132. The fourth-order valence-electron chi connectivity index (χ4n) is 4.05. The molecule has 0 bridgehead atoms. The van der Waals surface area contributed by atoms with Gasteiger partial charge in [0.15, 0.2) is 0 Å². The molecule has 1 amide bonds. The third-order valence-electron chi connectivity index (χ3n) is 5.30. The molecule has 4 rings (SSSR count). The van der Waals surface area contributed by atoms with E-state index in [0.717, 1.165) is 46.8 Å². The van der Waals surface area contributed by atoms with Crippen molar-refractivity contribution in [2.45, 2.75) is 39.7 Å². The van der Waals surface area contributed by atoms with Gasteiger partial charge in [-0.25, -0.2) is 15.0 Å². The van der Waals surface area contributed by atoms with Crippen LogP contribution in [-0.2, 0) is 4.79 Å². The number of hydrogen-bond acceptors (Lipinski definition) is 5. The number of nitrogens with one attached hydrogen (secondary N) is 2. The zero-order chi connectivity index (χ0) is 19.7. The van der Waals surface area contributed by atoms with E-state index >= 15 is 0 Å². The van der Waals surface area contributed by atoms with Crippen LogP contribution in [0.5, 0.6) is 0 Å². The number of aromatic nitrogens is 4. The molecule has 2 N–H and O–H groups in total. The zero-order valence-corrected chi connectivity index (χ0v) is 16.6. The number of rotatable bonds is 4. The summed E-state index contributed by atoms with van der Waals surface area (Å²) in [5, 5.41) is 4.75. The molecule has 7 nitrogen and oxygen atoms in total. The van der Waals surface area contributed by atoms with Crippen LogP contribution in [0.4, 0.5) is 5.69 Å². The van der Waals surface area contributed by atoms with E-state index in [9.17, 15) is 4.79 Å². The van der Waals surface area contributed by atoms with Gasteiger partial charge in [0.05, 0.1) is 11.4 Å². The highest BCUT2D eigenvalue weighted by atomic mass is 16.2. The van der Waals surface area contributed by atoms with E-state index in [4.69, 9.17) is 0 Å². The molecule has 2 atom stereocenters. The highest BCUT2D eigenvalue weighted by Gasteiger charge is 2.28. The van der Waals surface area contributed by atoms with Crippen LogP contribution < -0.4 is 5.32 Å². The number of likely N-dealkylation sites (tertiary alicyclic amines) is 1. The van der Waals surface area contributed by atoms with Crippen molar-refractivity contribution in [2.75, 3.05) is 18.4 Å². The van der Waals surface area contributed by atoms with Gasteiger partial charge in [-0.2, -0.15) is 0 Å². The van der Waals surface area contributed by atoms with Crippen LogP contribution in [0.1, 0.15) is 32.5 Å². The van der Waals surface area contributed by atoms with Crippen LogP contribution in [0.2, 0.25) is 0 Å². The predicted molar refractivity (Wildman–Crippen MR) is 110 cm³/mol. The van der Waals surface area contributed by atoms with Crippen LogP contribution in [-0.4, -0.2) is 49.9 Å². The van der Waals surface area contributed by atoms with Gasteiger partial charge in [-0.3, -0.25) is 4.79 Å². The molecule has 0 radical (unpaired) electrons. The molecule has 7 heteroatoms. The van der Waals surface area contributed by atoms with Crippen molar-refractivity contribution in [3.8, 4) is 11.3 Å². The number of nitrogens with zero attached hydrogens (tertiary/aromatic N) is 4. The van der Waals surface area contributed by atoms with Crippen LogP contribution in [0.3, 0.4) is 0 Å². The van der Waals surface area contributed by atoms with E-state index in [0.29, 0.717) is 18.9 Å². The van der Waals surface area contributed by atoms with E-state index in [1.54, 1.807) is 6.20 Å². The molecule has 1 aliphatic heterocycles. The lowest BCUT2D eigenvalue weighted by Crippen LogP contribution is -2.48. The van der Waals surface area contributed by atoms with Crippen LogP contribution in [0, 0.1) is 12.8 Å². The molecular weight excluding hydrogens is 352 g/mol. The monoisotopic (exact) mass is 378 g/mol. The summed E-state index contributed by atoms with van der Waals surface area (Å²) in [7, 11) is 0. The number of carbonyl (C=O) groups excluding carboxylic acids is 1. The first-order chi connectivity index (χ1) is 13.5. The van der Waals surface area contributed by atoms with Gasteiger partial charge in [-0.15, -0.1) is 0 Å². The third-order valence-corrected chi connectivity index (χ3v) is 5.30. The molecule has 0 unspecified atom stereocenters. The molecule has 1 saturated heterocycles. The Morgan fingerprint density at radius 2 is 2.18 bits per heavy atom. The van der Waals surface area contributed by atoms with Gasteiger partial charge in [0.25, 0.3) is 0 Å². The molecule has 146 valence electrons. The maximum absolute atomic E-state index is 12.3. The van der Waals surface area contributed by atoms with Crippen LogP contribution in [0.25, 0.3) is 22.3 Å². The number of hydrogen-bond donors (Lipinski definition) is 2. The Labute approximate surface area is 164 Å². The summed E-state index contributed by atoms with van der Waals surface area (Å²) in [6, 6.07) is 4.12. The smallest absolute Gasteiger partial charge is 0.222 e. The molecule has 1 aliphatic rings. The highest BCUT2D eigenvalue weighted by Crippen LogP contribution is 2.34. The van der Waals surface area contributed by atoms with Gasteiger partial charge in [0.2, 0.25) is 5.91 Å². The van der Waals surface area contributed by atoms with E-state index in [2.05, 4.69) is 32.2 Å². The van der Waals surface area contributed by atoms with Gasteiger partial charge in [-0.05, 0) is 31.4 Å². The van der Waals surface area contributed by atoms with Crippen LogP contribution >= 0.6 is 0 Å². The van der Waals surface area contributed by atoms with Crippen molar-refractivity contribution in [2.24, 2.45) is 5.92 Å². The van der Waals surface area contributed by atoms with Crippen molar-refractivity contribution in [1.82, 2.24) is 24.8 Å². The molecule has 0 spiro atoms. The number of H-pyrrole nitrogens is 1. The average Bonchev–Trinajstić information content (AvgIpc) is 3.16. The van der Waals surface area contributed by atoms with Gasteiger partial charge in [0, 0.05) is 55.1 Å². The quantitative estimate of drug-likeness (QED) is 0.727. The second kappa shape index (κ2) is 7.58. The highest BCUT2D eigenvalue weighted by molar-refractivity contribution is 5.97. The van der Waals surface area contributed by atoms with Gasteiger partial charge < -0.3 is 15.2 Å². The number of amides is 1. The molecule has 0 aromatic carbocycles. The summed E-state index contributed by atoms with van der Waals surface area (Å²) in [6.07, 6.45) is 7.08. The number of aromatic amines is 1. The summed E-state index contributed by atoms with van der Waals surface area (Å²) >= 11 is 0. The number of carbonyl (C=O) groups is 1. The molecule has 1 fully saturated rings. The van der Waals surface area contributed by atoms with Crippen molar-refractivity contribution >= 4 is 22.6 Å². The summed E-state index contributed by atoms with van der Waals surface area (Å²) in [6.45, 7) is 7.56. The largest absolute Gasteiger partial charge is 0.379 e. The Balaban J connectivity index is 1.72. The van der Waals surface area contributed by atoms with Crippen LogP contribution in [0.15, 0.2) is 30.7 Å². The average molecular weight is 378 g/mol. The third kappa shape index (κ3) is 3.56. The number of anilines is 1.